The molecule has 0 unspecified atom stereocenters. The topological polar surface area (TPSA) is 92.5 Å². The predicted molar refractivity (Wildman–Crippen MR) is 121 cm³/mol. The summed E-state index contributed by atoms with van der Waals surface area (Å²) in [6.07, 6.45) is -3.53. The number of alkyl halides is 3. The van der Waals surface area contributed by atoms with Crippen LogP contribution in [0.4, 0.5) is 18.9 Å². The fourth-order valence-electron chi connectivity index (χ4n) is 4.63. The lowest BCUT2D eigenvalue weighted by molar-refractivity contribution is -0.138. The smallest absolute Gasteiger partial charge is 0.416 e. The minimum atomic E-state index is -4.48. The number of anilines is 1. The van der Waals surface area contributed by atoms with Crippen LogP contribution in [-0.2, 0) is 22.6 Å². The van der Waals surface area contributed by atoms with Crippen molar-refractivity contribution in [2.75, 3.05) is 17.7 Å². The number of hydrogen-bond acceptors (Lipinski definition) is 5. The molecular formula is C23H24F3N3O4S. The maximum Gasteiger partial charge on any atom is 0.416 e. The summed E-state index contributed by atoms with van der Waals surface area (Å²) in [4.78, 5) is 17.9. The van der Waals surface area contributed by atoms with Gasteiger partial charge in [-0.05, 0) is 42.7 Å². The van der Waals surface area contributed by atoms with Gasteiger partial charge in [-0.15, -0.1) is 0 Å². The molecule has 3 aromatic rings. The number of halogens is 3. The van der Waals surface area contributed by atoms with Crippen LogP contribution in [-0.4, -0.2) is 41.8 Å². The SMILES string of the molecule is Cc1ccc(N2CCn3c(nc4cc(C(=O)O)c(S(C)(=O)=O)cc43)[C@H]2C(C)C)cc1C(F)(F)F. The molecular weight excluding hydrogens is 471 g/mol. The fourth-order valence-corrected chi connectivity index (χ4v) is 5.50. The Labute approximate surface area is 194 Å². The van der Waals surface area contributed by atoms with Gasteiger partial charge in [-0.25, -0.2) is 18.2 Å². The summed E-state index contributed by atoms with van der Waals surface area (Å²) in [6, 6.07) is 6.42. The van der Waals surface area contributed by atoms with Crippen LogP contribution in [0, 0.1) is 12.8 Å². The second-order valence-electron chi connectivity index (χ2n) is 8.92. The molecule has 0 amide bonds. The lowest BCUT2D eigenvalue weighted by Gasteiger charge is -2.40. The predicted octanol–water partition coefficient (Wildman–Crippen LogP) is 4.68. The van der Waals surface area contributed by atoms with Gasteiger partial charge in [-0.2, -0.15) is 13.2 Å². The Hall–Kier alpha value is -3.08. The number of hydrogen-bond donors (Lipinski definition) is 1. The first-order valence-electron chi connectivity index (χ1n) is 10.6. The summed E-state index contributed by atoms with van der Waals surface area (Å²) in [6.45, 7) is 5.99. The number of carbonyl (C=O) groups is 1. The van der Waals surface area contributed by atoms with E-state index in [4.69, 9.17) is 0 Å². The molecule has 1 aromatic heterocycles. The summed E-state index contributed by atoms with van der Waals surface area (Å²) in [5.41, 5.74) is 0.291. The van der Waals surface area contributed by atoms with Crippen molar-refractivity contribution in [3.63, 3.8) is 0 Å². The molecule has 1 aliphatic heterocycles. The van der Waals surface area contributed by atoms with Crippen LogP contribution in [0.5, 0.6) is 0 Å². The molecule has 0 aliphatic carbocycles. The van der Waals surface area contributed by atoms with Crippen molar-refractivity contribution >= 4 is 32.5 Å². The van der Waals surface area contributed by atoms with Gasteiger partial charge in [0.1, 0.15) is 5.82 Å². The van der Waals surface area contributed by atoms with Crippen molar-refractivity contribution in [3.8, 4) is 0 Å². The Morgan fingerprint density at radius 2 is 1.85 bits per heavy atom. The van der Waals surface area contributed by atoms with Crippen molar-refractivity contribution in [3.05, 3.63) is 52.8 Å². The van der Waals surface area contributed by atoms with E-state index in [1.807, 2.05) is 23.3 Å². The summed E-state index contributed by atoms with van der Waals surface area (Å²) in [7, 11) is -3.82. The van der Waals surface area contributed by atoms with Gasteiger partial charge in [-0.1, -0.05) is 19.9 Å². The number of carboxylic acids is 1. The highest BCUT2D eigenvalue weighted by atomic mass is 32.2. The van der Waals surface area contributed by atoms with Crippen LogP contribution in [0.3, 0.4) is 0 Å². The van der Waals surface area contributed by atoms with E-state index in [1.54, 1.807) is 6.07 Å². The van der Waals surface area contributed by atoms with Gasteiger partial charge in [0.15, 0.2) is 9.84 Å². The van der Waals surface area contributed by atoms with E-state index in [0.717, 1.165) is 12.3 Å². The zero-order chi connectivity index (χ0) is 25.2. The van der Waals surface area contributed by atoms with Gasteiger partial charge in [0.25, 0.3) is 0 Å². The number of rotatable bonds is 4. The second-order valence-corrected chi connectivity index (χ2v) is 10.9. The Kier molecular flexibility index (Phi) is 5.66. The van der Waals surface area contributed by atoms with Crippen LogP contribution < -0.4 is 4.90 Å². The standard InChI is InChI=1S/C23H24F3N3O4S/c1-12(2)20-21-27-17-10-15(22(30)31)19(34(4,32)33)11-18(17)29(21)8-7-28(20)14-6-5-13(3)16(9-14)23(24,25)26/h5-6,9-12,20H,7-8H2,1-4H3,(H,30,31)/t20-/m1/s1. The normalized spacial score (nSPS) is 16.8. The minimum Gasteiger partial charge on any atom is -0.478 e. The lowest BCUT2D eigenvalue weighted by atomic mass is 9.97. The summed E-state index contributed by atoms with van der Waals surface area (Å²) < 4.78 is 66.9. The first-order valence-corrected chi connectivity index (χ1v) is 12.5. The molecule has 11 heteroatoms. The number of imidazole rings is 1. The highest BCUT2D eigenvalue weighted by Gasteiger charge is 2.37. The Morgan fingerprint density at radius 3 is 2.41 bits per heavy atom. The quantitative estimate of drug-likeness (QED) is 0.565. The molecule has 2 heterocycles. The van der Waals surface area contributed by atoms with Crippen LogP contribution >= 0.6 is 0 Å². The van der Waals surface area contributed by atoms with Crippen molar-refractivity contribution in [2.24, 2.45) is 5.92 Å². The molecule has 2 aromatic carbocycles. The van der Waals surface area contributed by atoms with Gasteiger partial charge < -0.3 is 14.6 Å². The molecule has 0 radical (unpaired) electrons. The lowest BCUT2D eigenvalue weighted by Crippen LogP contribution is -2.41. The molecule has 0 fully saturated rings. The van der Waals surface area contributed by atoms with Crippen molar-refractivity contribution < 1.29 is 31.5 Å². The Morgan fingerprint density at radius 1 is 1.18 bits per heavy atom. The number of nitrogens with zero attached hydrogens (tertiary/aromatic N) is 3. The largest absolute Gasteiger partial charge is 0.478 e. The van der Waals surface area contributed by atoms with E-state index in [-0.39, 0.29) is 21.9 Å². The molecule has 0 saturated carbocycles. The zero-order valence-electron chi connectivity index (χ0n) is 19.0. The van der Waals surface area contributed by atoms with Gasteiger partial charge in [0.05, 0.1) is 33.1 Å². The number of fused-ring (bicyclic) bond motifs is 3. The molecule has 0 bridgehead atoms. The molecule has 1 N–H and O–H groups in total. The van der Waals surface area contributed by atoms with Gasteiger partial charge in [0, 0.05) is 25.0 Å². The van der Waals surface area contributed by atoms with E-state index >= 15 is 0 Å². The number of aryl methyl sites for hydroxylation is 1. The monoisotopic (exact) mass is 495 g/mol. The van der Waals surface area contributed by atoms with Crippen molar-refractivity contribution in [2.45, 2.75) is 44.4 Å². The van der Waals surface area contributed by atoms with Crippen molar-refractivity contribution in [1.82, 2.24) is 9.55 Å². The summed E-state index contributed by atoms with van der Waals surface area (Å²) in [5, 5.41) is 9.54. The average molecular weight is 496 g/mol. The van der Waals surface area contributed by atoms with E-state index < -0.39 is 33.6 Å². The molecule has 7 nitrogen and oxygen atoms in total. The van der Waals surface area contributed by atoms with Crippen LogP contribution in [0.25, 0.3) is 11.0 Å². The Bertz CT molecular complexity index is 1410. The van der Waals surface area contributed by atoms with E-state index in [2.05, 4.69) is 4.98 Å². The van der Waals surface area contributed by atoms with Crippen molar-refractivity contribution in [1.29, 1.82) is 0 Å². The molecule has 34 heavy (non-hydrogen) atoms. The maximum absolute atomic E-state index is 13.5. The van der Waals surface area contributed by atoms with Crippen LogP contribution in [0.1, 0.15) is 47.2 Å². The molecule has 4 rings (SSSR count). The van der Waals surface area contributed by atoms with Gasteiger partial charge in [0.2, 0.25) is 0 Å². The highest BCUT2D eigenvalue weighted by molar-refractivity contribution is 7.90. The number of aromatic carboxylic acids is 1. The number of benzene rings is 2. The summed E-state index contributed by atoms with van der Waals surface area (Å²) in [5.74, 6) is -0.887. The first-order chi connectivity index (χ1) is 15.7. The molecule has 182 valence electrons. The van der Waals surface area contributed by atoms with Crippen LogP contribution in [0.2, 0.25) is 0 Å². The molecule has 1 atom stereocenters. The van der Waals surface area contributed by atoms with E-state index in [9.17, 15) is 31.5 Å². The number of aromatic nitrogens is 2. The van der Waals surface area contributed by atoms with Gasteiger partial charge in [-0.3, -0.25) is 0 Å². The Balaban J connectivity index is 1.90. The molecule has 0 saturated heterocycles. The minimum absolute atomic E-state index is 0.0557. The van der Waals surface area contributed by atoms with Gasteiger partial charge >= 0.3 is 12.1 Å². The third-order valence-corrected chi connectivity index (χ3v) is 7.30. The van der Waals surface area contributed by atoms with Crippen LogP contribution in [0.15, 0.2) is 35.2 Å². The summed E-state index contributed by atoms with van der Waals surface area (Å²) >= 11 is 0. The average Bonchev–Trinajstić information content (AvgIpc) is 3.08. The first kappa shape index (κ1) is 24.1. The van der Waals surface area contributed by atoms with E-state index in [1.165, 1.54) is 25.1 Å². The zero-order valence-corrected chi connectivity index (χ0v) is 19.8. The number of carboxylic acid groups (broad SMARTS) is 1. The third-order valence-electron chi connectivity index (χ3n) is 6.16. The molecule has 0 spiro atoms. The van der Waals surface area contributed by atoms with E-state index in [0.29, 0.717) is 35.6 Å². The fraction of sp³-hybridized carbons (Fsp3) is 0.391. The molecule has 1 aliphatic rings. The number of sulfone groups is 1. The third kappa shape index (κ3) is 4.02. The second kappa shape index (κ2) is 8.00. The maximum atomic E-state index is 13.5. The highest BCUT2D eigenvalue weighted by Crippen LogP contribution is 2.41.